The van der Waals surface area contributed by atoms with Crippen molar-refractivity contribution in [1.82, 2.24) is 0 Å². The summed E-state index contributed by atoms with van der Waals surface area (Å²) in [6.07, 6.45) is 5.03. The molecule has 0 saturated carbocycles. The minimum Gasteiger partial charge on any atom is -0.508 e. The first-order valence-corrected chi connectivity index (χ1v) is 8.70. The van der Waals surface area contributed by atoms with Crippen LogP contribution in [0.15, 0.2) is 42.5 Å². The molecule has 0 aromatic heterocycles. The van der Waals surface area contributed by atoms with Gasteiger partial charge in [0.15, 0.2) is 0 Å². The Balaban J connectivity index is 1.88. The van der Waals surface area contributed by atoms with E-state index in [9.17, 15) is 15.2 Å². The molecule has 27 heavy (non-hydrogen) atoms. The molecule has 4 rings (SSSR count). The molecular weight excluding hydrogens is 348 g/mol. The number of hydrogen-bond acceptors (Lipinski definition) is 6. The van der Waals surface area contributed by atoms with Crippen LogP contribution in [0.3, 0.4) is 0 Å². The molecule has 0 amide bonds. The Morgan fingerprint density at radius 1 is 1.19 bits per heavy atom. The molecule has 2 aliphatic rings. The molecule has 0 spiro atoms. The lowest BCUT2D eigenvalue weighted by molar-refractivity contribution is -0.385. The molecule has 0 saturated heterocycles. The van der Waals surface area contributed by atoms with Crippen LogP contribution in [0.4, 0.5) is 11.4 Å². The van der Waals surface area contributed by atoms with Crippen LogP contribution in [0.25, 0.3) is 0 Å². The molecule has 7 nitrogen and oxygen atoms in total. The number of allylic oxidation sites excluding steroid dienone is 2. The number of benzene rings is 2. The Hall–Kier alpha value is -3.22. The van der Waals surface area contributed by atoms with Gasteiger partial charge in [-0.15, -0.1) is 0 Å². The SMILES string of the molecule is COc1ccc(OC)c2c1NC(c1cc([N+](=O)[O-])ccc1O)C1CC=CC21. The molecule has 2 aromatic carbocycles. The molecule has 3 unspecified atom stereocenters. The van der Waals surface area contributed by atoms with Gasteiger partial charge in [0, 0.05) is 29.2 Å². The van der Waals surface area contributed by atoms with Crippen molar-refractivity contribution in [2.75, 3.05) is 19.5 Å². The van der Waals surface area contributed by atoms with Gasteiger partial charge < -0.3 is 19.9 Å². The first kappa shape index (κ1) is 17.2. The molecule has 3 atom stereocenters. The van der Waals surface area contributed by atoms with Crippen molar-refractivity contribution in [2.24, 2.45) is 5.92 Å². The second kappa shape index (κ2) is 6.50. The third-order valence-corrected chi connectivity index (χ3v) is 5.44. The first-order chi connectivity index (χ1) is 13.0. The number of nitrogens with one attached hydrogen (secondary N) is 1. The second-order valence-corrected chi connectivity index (χ2v) is 6.73. The Kier molecular flexibility index (Phi) is 4.14. The maximum atomic E-state index is 11.2. The van der Waals surface area contributed by atoms with Crippen LogP contribution in [0.2, 0.25) is 0 Å². The summed E-state index contributed by atoms with van der Waals surface area (Å²) in [5.74, 6) is 1.64. The van der Waals surface area contributed by atoms with E-state index in [1.165, 1.54) is 18.2 Å². The molecule has 0 bridgehead atoms. The third kappa shape index (κ3) is 2.66. The van der Waals surface area contributed by atoms with E-state index in [1.54, 1.807) is 14.2 Å². The van der Waals surface area contributed by atoms with E-state index in [0.29, 0.717) is 11.3 Å². The Morgan fingerprint density at radius 2 is 1.93 bits per heavy atom. The molecule has 2 N–H and O–H groups in total. The third-order valence-electron chi connectivity index (χ3n) is 5.44. The van der Waals surface area contributed by atoms with Gasteiger partial charge in [0.05, 0.1) is 30.9 Å². The lowest BCUT2D eigenvalue weighted by Gasteiger charge is -2.38. The van der Waals surface area contributed by atoms with Crippen molar-refractivity contribution in [3.63, 3.8) is 0 Å². The lowest BCUT2D eigenvalue weighted by Crippen LogP contribution is -2.29. The van der Waals surface area contributed by atoms with Crippen LogP contribution in [0.5, 0.6) is 17.2 Å². The van der Waals surface area contributed by atoms with E-state index in [2.05, 4.69) is 17.5 Å². The highest BCUT2D eigenvalue weighted by atomic mass is 16.6. The van der Waals surface area contributed by atoms with Gasteiger partial charge in [-0.05, 0) is 30.5 Å². The summed E-state index contributed by atoms with van der Waals surface area (Å²) in [7, 11) is 3.23. The number of nitrogens with zero attached hydrogens (tertiary/aromatic N) is 1. The number of hydrogen-bond donors (Lipinski definition) is 2. The predicted octanol–water partition coefficient (Wildman–Crippen LogP) is 4.14. The number of phenolic OH excluding ortho intramolecular Hbond substituents is 1. The summed E-state index contributed by atoms with van der Waals surface area (Å²) in [5, 5.41) is 25.1. The van der Waals surface area contributed by atoms with E-state index in [0.717, 1.165) is 23.4 Å². The number of nitro benzene ring substituents is 1. The molecule has 0 radical (unpaired) electrons. The summed E-state index contributed by atoms with van der Waals surface area (Å²) in [6.45, 7) is 0. The van der Waals surface area contributed by atoms with Crippen molar-refractivity contribution in [3.8, 4) is 17.2 Å². The zero-order valence-electron chi connectivity index (χ0n) is 15.0. The topological polar surface area (TPSA) is 93.9 Å². The van der Waals surface area contributed by atoms with Gasteiger partial charge in [-0.3, -0.25) is 10.1 Å². The number of phenols is 1. The van der Waals surface area contributed by atoms with E-state index < -0.39 is 4.92 Å². The Bertz CT molecular complexity index is 940. The van der Waals surface area contributed by atoms with Gasteiger partial charge in [-0.1, -0.05) is 12.2 Å². The Labute approximate surface area is 156 Å². The monoisotopic (exact) mass is 368 g/mol. The second-order valence-electron chi connectivity index (χ2n) is 6.73. The number of ether oxygens (including phenoxy) is 2. The van der Waals surface area contributed by atoms with Gasteiger partial charge in [-0.25, -0.2) is 0 Å². The summed E-state index contributed by atoms with van der Waals surface area (Å²) >= 11 is 0. The van der Waals surface area contributed by atoms with Crippen LogP contribution >= 0.6 is 0 Å². The van der Waals surface area contributed by atoms with E-state index in [1.807, 2.05) is 12.1 Å². The normalized spacial score (nSPS) is 22.5. The maximum absolute atomic E-state index is 11.2. The molecule has 1 heterocycles. The van der Waals surface area contributed by atoms with Crippen LogP contribution in [-0.2, 0) is 0 Å². The van der Waals surface area contributed by atoms with Crippen molar-refractivity contribution in [2.45, 2.75) is 18.4 Å². The standard InChI is InChI=1S/C20H20N2O5/c1-26-16-8-9-17(27-2)20-18(16)12-4-3-5-13(12)19(21-20)14-10-11(22(24)25)6-7-15(14)23/h3-4,6-10,12-13,19,21,23H,5H2,1-2H3. The summed E-state index contributed by atoms with van der Waals surface area (Å²) in [4.78, 5) is 10.8. The van der Waals surface area contributed by atoms with Crippen LogP contribution in [0.1, 0.15) is 29.5 Å². The van der Waals surface area contributed by atoms with Crippen LogP contribution < -0.4 is 14.8 Å². The van der Waals surface area contributed by atoms with E-state index in [4.69, 9.17) is 9.47 Å². The molecule has 7 heteroatoms. The molecule has 140 valence electrons. The van der Waals surface area contributed by atoms with Crippen molar-refractivity contribution in [1.29, 1.82) is 0 Å². The highest BCUT2D eigenvalue weighted by Crippen LogP contribution is 2.56. The van der Waals surface area contributed by atoms with Crippen molar-refractivity contribution in [3.05, 3.63) is 63.7 Å². The average molecular weight is 368 g/mol. The van der Waals surface area contributed by atoms with Gasteiger partial charge in [0.2, 0.25) is 0 Å². The predicted molar refractivity (Wildman–Crippen MR) is 101 cm³/mol. The molecule has 1 aliphatic carbocycles. The quantitative estimate of drug-likeness (QED) is 0.478. The summed E-state index contributed by atoms with van der Waals surface area (Å²) < 4.78 is 11.1. The fourth-order valence-corrected chi connectivity index (χ4v) is 4.21. The van der Waals surface area contributed by atoms with Crippen molar-refractivity contribution < 1.29 is 19.5 Å². The lowest BCUT2D eigenvalue weighted by atomic mass is 9.76. The molecule has 1 aliphatic heterocycles. The van der Waals surface area contributed by atoms with E-state index >= 15 is 0 Å². The fourth-order valence-electron chi connectivity index (χ4n) is 4.21. The van der Waals surface area contributed by atoms with Gasteiger partial charge in [0.1, 0.15) is 17.2 Å². The number of anilines is 1. The molecule has 0 fully saturated rings. The fraction of sp³-hybridized carbons (Fsp3) is 0.300. The summed E-state index contributed by atoms with van der Waals surface area (Å²) in [5.41, 5.74) is 2.27. The number of non-ortho nitro benzene ring substituents is 1. The van der Waals surface area contributed by atoms with E-state index in [-0.39, 0.29) is 29.3 Å². The first-order valence-electron chi connectivity index (χ1n) is 8.70. The van der Waals surface area contributed by atoms with Gasteiger partial charge >= 0.3 is 0 Å². The molecular formula is C20H20N2O5. The highest BCUT2D eigenvalue weighted by Gasteiger charge is 2.42. The van der Waals surface area contributed by atoms with Crippen LogP contribution in [-0.4, -0.2) is 24.2 Å². The van der Waals surface area contributed by atoms with Crippen molar-refractivity contribution >= 4 is 11.4 Å². The largest absolute Gasteiger partial charge is 0.508 e. The number of fused-ring (bicyclic) bond motifs is 3. The zero-order valence-corrected chi connectivity index (χ0v) is 15.0. The average Bonchev–Trinajstić information content (AvgIpc) is 3.16. The van der Waals surface area contributed by atoms with Crippen LogP contribution in [0, 0.1) is 16.0 Å². The summed E-state index contributed by atoms with van der Waals surface area (Å²) in [6, 6.07) is 7.55. The number of methoxy groups -OCH3 is 2. The number of aromatic hydroxyl groups is 1. The maximum Gasteiger partial charge on any atom is 0.270 e. The smallest absolute Gasteiger partial charge is 0.270 e. The minimum absolute atomic E-state index is 0.0362. The number of rotatable bonds is 4. The number of nitro groups is 1. The highest BCUT2D eigenvalue weighted by molar-refractivity contribution is 5.72. The molecule has 2 aromatic rings. The van der Waals surface area contributed by atoms with Gasteiger partial charge in [-0.2, -0.15) is 0 Å². The Morgan fingerprint density at radius 3 is 2.63 bits per heavy atom. The zero-order chi connectivity index (χ0) is 19.1. The minimum atomic E-state index is -0.451. The van der Waals surface area contributed by atoms with Gasteiger partial charge in [0.25, 0.3) is 5.69 Å².